The van der Waals surface area contributed by atoms with Crippen molar-refractivity contribution in [3.63, 3.8) is 0 Å². The smallest absolute Gasteiger partial charge is 0.0701 e. The van der Waals surface area contributed by atoms with E-state index >= 15 is 0 Å². The second kappa shape index (κ2) is 14.7. The zero-order valence-corrected chi connectivity index (χ0v) is 11.8. The fourth-order valence-electron chi connectivity index (χ4n) is 1.20. The Kier molecular flexibility index (Phi) is 13.5. The van der Waals surface area contributed by atoms with E-state index in [0.29, 0.717) is 52.5 Å². The van der Waals surface area contributed by atoms with Gasteiger partial charge in [-0.1, -0.05) is 12.2 Å². The van der Waals surface area contributed by atoms with Crippen molar-refractivity contribution in [1.82, 2.24) is 0 Å². The molecule has 0 unspecified atom stereocenters. The minimum absolute atomic E-state index is 0.424. The van der Waals surface area contributed by atoms with Gasteiger partial charge in [-0.3, -0.25) is 0 Å². The third-order valence-corrected chi connectivity index (χ3v) is 2.11. The van der Waals surface area contributed by atoms with Gasteiger partial charge in [0.1, 0.15) is 0 Å². The molecule has 0 amide bonds. The van der Waals surface area contributed by atoms with Crippen molar-refractivity contribution in [1.29, 1.82) is 0 Å². The minimum atomic E-state index is -1.21. The van der Waals surface area contributed by atoms with Crippen molar-refractivity contribution >= 4 is 11.9 Å². The van der Waals surface area contributed by atoms with Crippen LogP contribution in [0.3, 0.4) is 0 Å². The molecule has 0 bridgehead atoms. The van der Waals surface area contributed by atoms with Gasteiger partial charge in [-0.05, 0) is 25.0 Å². The van der Waals surface area contributed by atoms with Crippen LogP contribution in [0, 0.1) is 0 Å². The molecular weight excluding hydrogens is 280 g/mol. The first-order chi connectivity index (χ1) is 10.1. The summed E-state index contributed by atoms with van der Waals surface area (Å²) in [6.07, 6.45) is 5.91. The van der Waals surface area contributed by atoms with Gasteiger partial charge < -0.3 is 34.0 Å². The summed E-state index contributed by atoms with van der Waals surface area (Å²) in [5.74, 6) is -2.43. The first-order valence-corrected chi connectivity index (χ1v) is 6.61. The lowest BCUT2D eigenvalue weighted by atomic mass is 10.4. The summed E-state index contributed by atoms with van der Waals surface area (Å²) in [5.41, 5.74) is 0. The SMILES string of the molecule is O=C([O-])C=CCCOCCOCCOCCC=CC(=O)[O-]. The Bertz CT molecular complexity index is 304. The van der Waals surface area contributed by atoms with Crippen LogP contribution in [-0.4, -0.2) is 51.6 Å². The maximum atomic E-state index is 10.0. The normalized spacial score (nSPS) is 11.4. The van der Waals surface area contributed by atoms with Crippen LogP contribution in [-0.2, 0) is 23.8 Å². The average molecular weight is 300 g/mol. The van der Waals surface area contributed by atoms with E-state index in [2.05, 4.69) is 0 Å². The molecule has 21 heavy (non-hydrogen) atoms. The lowest BCUT2D eigenvalue weighted by Gasteiger charge is -2.05. The second-order valence-corrected chi connectivity index (χ2v) is 3.86. The zero-order chi connectivity index (χ0) is 15.8. The first-order valence-electron chi connectivity index (χ1n) is 6.61. The molecule has 0 aliphatic heterocycles. The molecule has 0 saturated heterocycles. The van der Waals surface area contributed by atoms with Crippen molar-refractivity contribution in [3.05, 3.63) is 24.3 Å². The molecule has 0 saturated carbocycles. The molecule has 7 heteroatoms. The molecular formula is C14H20O7-2. The van der Waals surface area contributed by atoms with E-state index in [0.717, 1.165) is 12.2 Å². The monoisotopic (exact) mass is 300 g/mol. The molecule has 0 aromatic heterocycles. The molecule has 0 aliphatic carbocycles. The first kappa shape index (κ1) is 19.3. The Morgan fingerprint density at radius 2 is 1.00 bits per heavy atom. The van der Waals surface area contributed by atoms with E-state index in [-0.39, 0.29) is 0 Å². The summed E-state index contributed by atoms with van der Waals surface area (Å²) in [5, 5.41) is 20.1. The van der Waals surface area contributed by atoms with Crippen LogP contribution in [0.2, 0.25) is 0 Å². The third-order valence-electron chi connectivity index (χ3n) is 2.11. The predicted molar refractivity (Wildman–Crippen MR) is 70.0 cm³/mol. The highest BCUT2D eigenvalue weighted by Gasteiger charge is 1.91. The Labute approximate surface area is 123 Å². The van der Waals surface area contributed by atoms with Gasteiger partial charge in [0.05, 0.1) is 51.6 Å². The Morgan fingerprint density at radius 3 is 1.33 bits per heavy atom. The minimum Gasteiger partial charge on any atom is -0.545 e. The molecule has 0 aromatic carbocycles. The van der Waals surface area contributed by atoms with Crippen molar-refractivity contribution < 1.29 is 34.0 Å². The number of carbonyl (C=O) groups excluding carboxylic acids is 2. The topological polar surface area (TPSA) is 108 Å². The maximum Gasteiger partial charge on any atom is 0.0701 e. The van der Waals surface area contributed by atoms with Gasteiger partial charge >= 0.3 is 0 Å². The molecule has 0 fully saturated rings. The second-order valence-electron chi connectivity index (χ2n) is 3.86. The number of carboxylic acids is 2. The fourth-order valence-corrected chi connectivity index (χ4v) is 1.20. The summed E-state index contributed by atoms with van der Waals surface area (Å²) >= 11 is 0. The number of hydrogen-bond acceptors (Lipinski definition) is 7. The van der Waals surface area contributed by atoms with Gasteiger partial charge in [-0.15, -0.1) is 0 Å². The number of carbonyl (C=O) groups is 2. The predicted octanol–water partition coefficient (Wildman–Crippen LogP) is -1.57. The molecule has 120 valence electrons. The van der Waals surface area contributed by atoms with Gasteiger partial charge in [-0.2, -0.15) is 0 Å². The molecule has 7 nitrogen and oxygen atoms in total. The molecule has 0 aliphatic rings. The van der Waals surface area contributed by atoms with Gasteiger partial charge in [0, 0.05) is 0 Å². The quantitative estimate of drug-likeness (QED) is 0.281. The average Bonchev–Trinajstić information content (AvgIpc) is 2.42. The van der Waals surface area contributed by atoms with Gasteiger partial charge in [-0.25, -0.2) is 0 Å². The fraction of sp³-hybridized carbons (Fsp3) is 0.571. The summed E-state index contributed by atoms with van der Waals surface area (Å²) < 4.78 is 15.6. The molecule has 0 spiro atoms. The largest absolute Gasteiger partial charge is 0.545 e. The highest BCUT2D eigenvalue weighted by molar-refractivity contribution is 5.77. The summed E-state index contributed by atoms with van der Waals surface area (Å²) in [4.78, 5) is 20.1. The number of carboxylic acid groups (broad SMARTS) is 2. The lowest BCUT2D eigenvalue weighted by Crippen LogP contribution is -2.18. The van der Waals surface area contributed by atoms with Crippen LogP contribution in [0.25, 0.3) is 0 Å². The van der Waals surface area contributed by atoms with Crippen LogP contribution >= 0.6 is 0 Å². The maximum absolute atomic E-state index is 10.0. The number of aliphatic carboxylic acids is 2. The van der Waals surface area contributed by atoms with E-state index in [4.69, 9.17) is 14.2 Å². The van der Waals surface area contributed by atoms with E-state index in [1.807, 2.05) is 0 Å². The molecule has 0 aromatic rings. The van der Waals surface area contributed by atoms with Gasteiger partial charge in [0.25, 0.3) is 0 Å². The van der Waals surface area contributed by atoms with Gasteiger partial charge in [0.2, 0.25) is 0 Å². The van der Waals surface area contributed by atoms with Crippen LogP contribution in [0.15, 0.2) is 24.3 Å². The number of rotatable bonds is 14. The summed E-state index contributed by atoms with van der Waals surface area (Å²) in [6.45, 7) is 2.56. The zero-order valence-electron chi connectivity index (χ0n) is 11.8. The van der Waals surface area contributed by atoms with Crippen molar-refractivity contribution in [2.24, 2.45) is 0 Å². The molecule has 0 heterocycles. The Hall–Kier alpha value is -1.70. The highest BCUT2D eigenvalue weighted by Crippen LogP contribution is 1.88. The van der Waals surface area contributed by atoms with Crippen LogP contribution in [0.5, 0.6) is 0 Å². The highest BCUT2D eigenvalue weighted by atomic mass is 16.5. The third kappa shape index (κ3) is 18.3. The Morgan fingerprint density at radius 1 is 0.667 bits per heavy atom. The number of hydrogen-bond donors (Lipinski definition) is 0. The van der Waals surface area contributed by atoms with Crippen molar-refractivity contribution in [2.75, 3.05) is 39.6 Å². The summed E-state index contributed by atoms with van der Waals surface area (Å²) in [7, 11) is 0. The van der Waals surface area contributed by atoms with Crippen molar-refractivity contribution in [2.45, 2.75) is 12.8 Å². The summed E-state index contributed by atoms with van der Waals surface area (Å²) in [6, 6.07) is 0. The molecule has 0 atom stereocenters. The number of ether oxygens (including phenoxy) is 3. The van der Waals surface area contributed by atoms with E-state index in [9.17, 15) is 19.8 Å². The molecule has 0 rings (SSSR count). The Balaban J connectivity index is 3.12. The van der Waals surface area contributed by atoms with Crippen LogP contribution < -0.4 is 10.2 Å². The van der Waals surface area contributed by atoms with Crippen LogP contribution in [0.1, 0.15) is 12.8 Å². The lowest BCUT2D eigenvalue weighted by molar-refractivity contribution is -0.298. The van der Waals surface area contributed by atoms with E-state index < -0.39 is 11.9 Å². The van der Waals surface area contributed by atoms with E-state index in [1.165, 1.54) is 12.2 Å². The molecule has 0 radical (unpaired) electrons. The van der Waals surface area contributed by atoms with Gasteiger partial charge in [0.15, 0.2) is 0 Å². The molecule has 0 N–H and O–H groups in total. The van der Waals surface area contributed by atoms with Crippen LogP contribution in [0.4, 0.5) is 0 Å². The van der Waals surface area contributed by atoms with E-state index in [1.54, 1.807) is 0 Å². The van der Waals surface area contributed by atoms with Crippen molar-refractivity contribution in [3.8, 4) is 0 Å². The standard InChI is InChI=1S/C14H22O7/c15-13(16)5-1-3-7-19-9-11-21-12-10-20-8-4-2-6-14(17)18/h1-2,5-6H,3-4,7-12H2,(H,15,16)(H,17,18)/p-2.